The molecule has 0 aliphatic carbocycles. The maximum Gasteiger partial charge on any atom is 0.326 e. The number of nitrogens with one attached hydrogen (secondary N) is 2. The molecule has 1 saturated heterocycles. The van der Waals surface area contributed by atoms with Gasteiger partial charge in [0, 0.05) is 35.7 Å². The molecule has 0 saturated carbocycles. The lowest BCUT2D eigenvalue weighted by Crippen LogP contribution is -2.50. The second-order valence-electron chi connectivity index (χ2n) is 8.82. The highest BCUT2D eigenvalue weighted by Gasteiger charge is 2.37. The summed E-state index contributed by atoms with van der Waals surface area (Å²) in [4.78, 5) is 51.2. The molecule has 190 valence electrons. The van der Waals surface area contributed by atoms with E-state index in [2.05, 4.69) is 10.6 Å². The highest BCUT2D eigenvalue weighted by Crippen LogP contribution is 2.23. The van der Waals surface area contributed by atoms with Crippen LogP contribution in [-0.2, 0) is 27.3 Å². The van der Waals surface area contributed by atoms with Crippen molar-refractivity contribution in [3.63, 3.8) is 0 Å². The van der Waals surface area contributed by atoms with E-state index < -0.39 is 24.0 Å². The van der Waals surface area contributed by atoms with Gasteiger partial charge in [0.1, 0.15) is 12.1 Å². The summed E-state index contributed by atoms with van der Waals surface area (Å²) in [5.74, 6) is -2.09. The molecule has 0 aromatic heterocycles. The summed E-state index contributed by atoms with van der Waals surface area (Å²) in [7, 11) is 0. The topological polar surface area (TPSA) is 116 Å². The molecule has 4 rings (SSSR count). The largest absolute Gasteiger partial charge is 0.480 e. The van der Waals surface area contributed by atoms with Crippen LogP contribution in [0.3, 0.4) is 0 Å². The first-order valence-electron chi connectivity index (χ1n) is 11.8. The fraction of sp³-hybridized carbons (Fsp3) is 0.214. The van der Waals surface area contributed by atoms with E-state index in [1.165, 1.54) is 4.90 Å². The predicted molar refractivity (Wildman–Crippen MR) is 139 cm³/mol. The van der Waals surface area contributed by atoms with Crippen LogP contribution >= 0.6 is 11.6 Å². The number of nitrogens with zero attached hydrogens (tertiary/aromatic N) is 1. The maximum absolute atomic E-state index is 13.0. The first kappa shape index (κ1) is 25.9. The van der Waals surface area contributed by atoms with Gasteiger partial charge in [-0.15, -0.1) is 0 Å². The van der Waals surface area contributed by atoms with E-state index in [0.717, 1.165) is 5.56 Å². The minimum absolute atomic E-state index is 0.0475. The van der Waals surface area contributed by atoms with Gasteiger partial charge in [-0.3, -0.25) is 14.4 Å². The molecule has 1 fully saturated rings. The van der Waals surface area contributed by atoms with E-state index in [1.54, 1.807) is 72.8 Å². The third-order valence-corrected chi connectivity index (χ3v) is 6.45. The molecule has 9 heteroatoms. The van der Waals surface area contributed by atoms with Gasteiger partial charge in [-0.1, -0.05) is 54.1 Å². The zero-order valence-corrected chi connectivity index (χ0v) is 20.6. The standard InChI is InChI=1S/C28H26ClN3O5/c29-21-10-6-19(7-11-21)17-32-24(14-15-25(32)33)27(35)31-23(28(36)37)16-18-8-12-22(13-9-18)30-26(34)20-4-2-1-3-5-20/h1-13,23-24H,14-17H2,(H,30,34)(H,31,35)(H,36,37)/t23-,24-/m0/s1. The zero-order chi connectivity index (χ0) is 26.4. The minimum Gasteiger partial charge on any atom is -0.480 e. The number of rotatable bonds is 9. The molecule has 0 radical (unpaired) electrons. The average molecular weight is 520 g/mol. The molecule has 3 aromatic carbocycles. The van der Waals surface area contributed by atoms with Crippen molar-refractivity contribution in [3.8, 4) is 0 Å². The number of likely N-dealkylation sites (tertiary alicyclic amines) is 1. The average Bonchev–Trinajstić information content (AvgIpc) is 3.26. The van der Waals surface area contributed by atoms with E-state index in [-0.39, 0.29) is 31.2 Å². The van der Waals surface area contributed by atoms with Gasteiger partial charge in [-0.05, 0) is 53.9 Å². The van der Waals surface area contributed by atoms with E-state index >= 15 is 0 Å². The number of carbonyl (C=O) groups is 4. The number of aliphatic carboxylic acids is 1. The van der Waals surface area contributed by atoms with Gasteiger partial charge >= 0.3 is 5.97 Å². The molecule has 1 aliphatic rings. The second-order valence-corrected chi connectivity index (χ2v) is 9.26. The van der Waals surface area contributed by atoms with Crippen LogP contribution in [0.4, 0.5) is 5.69 Å². The highest BCUT2D eigenvalue weighted by molar-refractivity contribution is 6.30. The number of halogens is 1. The minimum atomic E-state index is -1.18. The van der Waals surface area contributed by atoms with Crippen molar-refractivity contribution in [1.29, 1.82) is 0 Å². The number of hydrogen-bond acceptors (Lipinski definition) is 4. The zero-order valence-electron chi connectivity index (χ0n) is 19.9. The molecule has 2 atom stereocenters. The van der Waals surface area contributed by atoms with Gasteiger partial charge in [-0.25, -0.2) is 4.79 Å². The summed E-state index contributed by atoms with van der Waals surface area (Å²) < 4.78 is 0. The van der Waals surface area contributed by atoms with E-state index in [1.807, 2.05) is 6.07 Å². The van der Waals surface area contributed by atoms with Crippen LogP contribution in [0.2, 0.25) is 5.02 Å². The van der Waals surface area contributed by atoms with Crippen molar-refractivity contribution in [2.24, 2.45) is 0 Å². The molecule has 0 bridgehead atoms. The Kier molecular flexibility index (Phi) is 8.20. The lowest BCUT2D eigenvalue weighted by Gasteiger charge is -2.26. The molecular formula is C28H26ClN3O5. The normalized spacial score (nSPS) is 15.8. The van der Waals surface area contributed by atoms with Gasteiger partial charge in [0.2, 0.25) is 11.8 Å². The Morgan fingerprint density at radius 2 is 1.59 bits per heavy atom. The summed E-state index contributed by atoms with van der Waals surface area (Å²) in [5, 5.41) is 15.7. The Morgan fingerprint density at radius 3 is 2.24 bits per heavy atom. The summed E-state index contributed by atoms with van der Waals surface area (Å²) in [6.07, 6.45) is 0.589. The predicted octanol–water partition coefficient (Wildman–Crippen LogP) is 3.90. The number of carbonyl (C=O) groups excluding carboxylic acids is 3. The maximum atomic E-state index is 13.0. The molecule has 3 aromatic rings. The Labute approximate surface area is 219 Å². The van der Waals surface area contributed by atoms with Crippen molar-refractivity contribution in [2.75, 3.05) is 5.32 Å². The fourth-order valence-corrected chi connectivity index (χ4v) is 4.34. The van der Waals surface area contributed by atoms with E-state index in [9.17, 15) is 24.3 Å². The summed E-state index contributed by atoms with van der Waals surface area (Å²) in [5.41, 5.74) is 2.59. The van der Waals surface area contributed by atoms with Crippen LogP contribution < -0.4 is 10.6 Å². The SMILES string of the molecule is O=C(Nc1ccc(C[C@H](NC(=O)[C@@H]2CCC(=O)N2Cc2ccc(Cl)cc2)C(=O)O)cc1)c1ccccc1. The van der Waals surface area contributed by atoms with E-state index in [4.69, 9.17) is 11.6 Å². The quantitative estimate of drug-likeness (QED) is 0.396. The van der Waals surface area contributed by atoms with Crippen LogP contribution in [-0.4, -0.2) is 45.8 Å². The van der Waals surface area contributed by atoms with Gasteiger partial charge in [0.05, 0.1) is 0 Å². The van der Waals surface area contributed by atoms with Gasteiger partial charge < -0.3 is 20.6 Å². The number of amides is 3. The monoisotopic (exact) mass is 519 g/mol. The summed E-state index contributed by atoms with van der Waals surface area (Å²) >= 11 is 5.93. The first-order chi connectivity index (χ1) is 17.8. The van der Waals surface area contributed by atoms with Crippen molar-refractivity contribution in [1.82, 2.24) is 10.2 Å². The van der Waals surface area contributed by atoms with Gasteiger partial charge in [0.15, 0.2) is 0 Å². The van der Waals surface area contributed by atoms with Crippen LogP contribution in [0.15, 0.2) is 78.9 Å². The lowest BCUT2D eigenvalue weighted by molar-refractivity contribution is -0.143. The Hall–Kier alpha value is -4.17. The van der Waals surface area contributed by atoms with Crippen molar-refractivity contribution in [2.45, 2.75) is 37.9 Å². The molecule has 37 heavy (non-hydrogen) atoms. The van der Waals surface area contributed by atoms with Gasteiger partial charge in [-0.2, -0.15) is 0 Å². The van der Waals surface area contributed by atoms with Crippen LogP contribution in [0.25, 0.3) is 0 Å². The third kappa shape index (κ3) is 6.74. The molecule has 1 aliphatic heterocycles. The third-order valence-electron chi connectivity index (χ3n) is 6.20. The van der Waals surface area contributed by atoms with Crippen LogP contribution in [0.5, 0.6) is 0 Å². The molecular weight excluding hydrogens is 494 g/mol. The number of hydrogen-bond donors (Lipinski definition) is 3. The van der Waals surface area contributed by atoms with Crippen molar-refractivity contribution in [3.05, 3.63) is 101 Å². The number of benzene rings is 3. The lowest BCUT2D eigenvalue weighted by atomic mass is 10.0. The molecule has 1 heterocycles. The van der Waals surface area contributed by atoms with Crippen molar-refractivity contribution < 1.29 is 24.3 Å². The Bertz CT molecular complexity index is 1280. The van der Waals surface area contributed by atoms with Crippen LogP contribution in [0, 0.1) is 0 Å². The number of carboxylic acid groups (broad SMARTS) is 1. The number of anilines is 1. The summed E-state index contributed by atoms with van der Waals surface area (Å²) in [6, 6.07) is 20.6. The number of carboxylic acids is 1. The molecule has 8 nitrogen and oxygen atoms in total. The smallest absolute Gasteiger partial charge is 0.326 e. The van der Waals surface area contributed by atoms with E-state index in [0.29, 0.717) is 28.3 Å². The molecule has 0 spiro atoms. The first-order valence-corrected chi connectivity index (χ1v) is 12.2. The molecule has 3 N–H and O–H groups in total. The Morgan fingerprint density at radius 1 is 0.946 bits per heavy atom. The Balaban J connectivity index is 1.38. The second kappa shape index (κ2) is 11.7. The van der Waals surface area contributed by atoms with Crippen LogP contribution in [0.1, 0.15) is 34.3 Å². The fourth-order valence-electron chi connectivity index (χ4n) is 4.21. The molecule has 3 amide bonds. The summed E-state index contributed by atoms with van der Waals surface area (Å²) in [6.45, 7) is 0.238. The van der Waals surface area contributed by atoms with Crippen molar-refractivity contribution >= 4 is 41.0 Å². The highest BCUT2D eigenvalue weighted by atomic mass is 35.5. The van der Waals surface area contributed by atoms with Gasteiger partial charge in [0.25, 0.3) is 5.91 Å². The molecule has 0 unspecified atom stereocenters.